The van der Waals surface area contributed by atoms with Gasteiger partial charge in [-0.2, -0.15) is 0 Å². The second-order valence-corrected chi connectivity index (χ2v) is 6.14. The maximum absolute atomic E-state index is 11.8. The molecule has 138 valence electrons. The monoisotopic (exact) mass is 363 g/mol. The summed E-state index contributed by atoms with van der Waals surface area (Å²) in [4.78, 5) is 27.7. The number of hydrogen-bond donors (Lipinski definition) is 2. The Morgan fingerprint density at radius 3 is 2.81 bits per heavy atom. The third kappa shape index (κ3) is 3.57. The summed E-state index contributed by atoms with van der Waals surface area (Å²) in [5.74, 6) is -0.151. The van der Waals surface area contributed by atoms with Crippen molar-refractivity contribution in [1.29, 1.82) is 0 Å². The van der Waals surface area contributed by atoms with E-state index in [0.29, 0.717) is 12.1 Å². The molecule has 0 saturated carbocycles. The van der Waals surface area contributed by atoms with Gasteiger partial charge < -0.3 is 14.5 Å². The van der Waals surface area contributed by atoms with Crippen molar-refractivity contribution in [2.24, 2.45) is 0 Å². The molecule has 0 aliphatic heterocycles. The van der Waals surface area contributed by atoms with Crippen LogP contribution >= 0.6 is 0 Å². The average Bonchev–Trinajstić information content (AvgIpc) is 2.95. The van der Waals surface area contributed by atoms with Gasteiger partial charge in [-0.1, -0.05) is 30.9 Å². The minimum atomic E-state index is -0.610. The van der Waals surface area contributed by atoms with Gasteiger partial charge in [0.2, 0.25) is 0 Å². The van der Waals surface area contributed by atoms with Crippen LogP contribution in [0.15, 0.2) is 53.6 Å². The number of aromatic nitrogens is 5. The van der Waals surface area contributed by atoms with Gasteiger partial charge in [-0.05, 0) is 26.3 Å². The Balaban J connectivity index is 2.22. The largest absolute Gasteiger partial charge is 0.502 e. The summed E-state index contributed by atoms with van der Waals surface area (Å²) in [5, 5.41) is 9.43. The molecular weight excluding hydrogens is 342 g/mol. The molecule has 0 aliphatic carbocycles. The second kappa shape index (κ2) is 7.41. The minimum absolute atomic E-state index is 0.282. The predicted molar refractivity (Wildman–Crippen MR) is 105 cm³/mol. The van der Waals surface area contributed by atoms with Crippen LogP contribution in [0.1, 0.15) is 24.0 Å². The highest BCUT2D eigenvalue weighted by atomic mass is 16.3. The highest BCUT2D eigenvalue weighted by Gasteiger charge is 2.15. The number of H-pyrrole nitrogens is 1. The number of hydrogen-bond acceptors (Lipinski definition) is 5. The molecule has 0 saturated heterocycles. The lowest BCUT2D eigenvalue weighted by Gasteiger charge is -2.08. The summed E-state index contributed by atoms with van der Waals surface area (Å²) in [6.45, 7) is 9.73. The smallest absolute Gasteiger partial charge is 0.293 e. The first-order valence-corrected chi connectivity index (χ1v) is 8.52. The molecule has 0 fully saturated rings. The SMILES string of the molecule is C=C/C(=C\C=C/C)Cc1nc(-c2ncc(O)c(=O)[nH]2)cn2c(C)c(C)nc12. The molecule has 0 unspecified atom stereocenters. The third-order valence-electron chi connectivity index (χ3n) is 4.31. The molecule has 3 aromatic heterocycles. The molecule has 7 heteroatoms. The molecule has 3 heterocycles. The molecule has 27 heavy (non-hydrogen) atoms. The van der Waals surface area contributed by atoms with Crippen LogP contribution in [0.3, 0.4) is 0 Å². The maximum Gasteiger partial charge on any atom is 0.293 e. The number of aromatic hydroxyl groups is 1. The van der Waals surface area contributed by atoms with Crippen LogP contribution in [0, 0.1) is 13.8 Å². The lowest BCUT2D eigenvalue weighted by molar-refractivity contribution is 0.463. The van der Waals surface area contributed by atoms with E-state index in [0.717, 1.165) is 34.5 Å². The van der Waals surface area contributed by atoms with Gasteiger partial charge in [0.15, 0.2) is 17.2 Å². The summed E-state index contributed by atoms with van der Waals surface area (Å²) >= 11 is 0. The Bertz CT molecular complexity index is 1140. The summed E-state index contributed by atoms with van der Waals surface area (Å²) in [5.41, 5.74) is 4.25. The molecule has 0 bridgehead atoms. The van der Waals surface area contributed by atoms with E-state index in [-0.39, 0.29) is 5.82 Å². The van der Waals surface area contributed by atoms with Gasteiger partial charge in [0.25, 0.3) is 5.56 Å². The Labute approximate surface area is 156 Å². The Morgan fingerprint density at radius 2 is 2.15 bits per heavy atom. The number of nitrogens with zero attached hydrogens (tertiary/aromatic N) is 4. The zero-order valence-corrected chi connectivity index (χ0v) is 15.5. The molecule has 0 amide bonds. The molecule has 3 rings (SSSR count). The van der Waals surface area contributed by atoms with E-state index in [9.17, 15) is 9.90 Å². The van der Waals surface area contributed by atoms with Crippen LogP contribution in [-0.2, 0) is 6.42 Å². The maximum atomic E-state index is 11.8. The van der Waals surface area contributed by atoms with Crippen LogP contribution in [0.25, 0.3) is 17.2 Å². The summed E-state index contributed by atoms with van der Waals surface area (Å²) in [6, 6.07) is 0. The highest BCUT2D eigenvalue weighted by molar-refractivity contribution is 5.57. The number of aryl methyl sites for hydroxylation is 2. The van der Waals surface area contributed by atoms with Gasteiger partial charge >= 0.3 is 0 Å². The standard InChI is InChI=1S/C20H21N5O2/c1-5-7-8-14(6-2)9-15-19-22-12(3)13(4)25(19)11-16(23-15)18-21-10-17(26)20(27)24-18/h5-8,10-11,26H,2,9H2,1,3-4H3,(H,21,24,27)/b7-5-,14-8+. The van der Waals surface area contributed by atoms with Gasteiger partial charge in [-0.25, -0.2) is 15.0 Å². The first-order valence-electron chi connectivity index (χ1n) is 8.52. The van der Waals surface area contributed by atoms with E-state index in [1.54, 1.807) is 12.3 Å². The van der Waals surface area contributed by atoms with E-state index in [1.807, 2.05) is 43.4 Å². The molecule has 0 aliphatic rings. The number of aromatic amines is 1. The first kappa shape index (κ1) is 18.3. The van der Waals surface area contributed by atoms with Gasteiger partial charge in [0.05, 0.1) is 17.6 Å². The third-order valence-corrected chi connectivity index (χ3v) is 4.31. The van der Waals surface area contributed by atoms with Crippen molar-refractivity contribution in [2.45, 2.75) is 27.2 Å². The highest BCUT2D eigenvalue weighted by Crippen LogP contribution is 2.21. The second-order valence-electron chi connectivity index (χ2n) is 6.14. The van der Waals surface area contributed by atoms with E-state index < -0.39 is 11.3 Å². The van der Waals surface area contributed by atoms with E-state index >= 15 is 0 Å². The van der Waals surface area contributed by atoms with Crippen molar-refractivity contribution in [2.75, 3.05) is 0 Å². The molecule has 2 N–H and O–H groups in total. The van der Waals surface area contributed by atoms with Crippen molar-refractivity contribution in [3.05, 3.63) is 76.3 Å². The van der Waals surface area contributed by atoms with Gasteiger partial charge in [-0.3, -0.25) is 4.79 Å². The Hall–Kier alpha value is -3.48. The minimum Gasteiger partial charge on any atom is -0.502 e. The molecule has 0 aromatic carbocycles. The van der Waals surface area contributed by atoms with Crippen molar-refractivity contribution in [3.8, 4) is 17.3 Å². The van der Waals surface area contributed by atoms with Gasteiger partial charge in [0, 0.05) is 18.3 Å². The number of rotatable bonds is 5. The molecule has 7 nitrogen and oxygen atoms in total. The lowest BCUT2D eigenvalue weighted by atomic mass is 10.1. The number of imidazole rings is 1. The van der Waals surface area contributed by atoms with Crippen LogP contribution < -0.4 is 5.56 Å². The zero-order valence-electron chi connectivity index (χ0n) is 15.5. The predicted octanol–water partition coefficient (Wildman–Crippen LogP) is 3.03. The lowest BCUT2D eigenvalue weighted by Crippen LogP contribution is -2.10. The fourth-order valence-corrected chi connectivity index (χ4v) is 2.70. The first-order chi connectivity index (χ1) is 12.9. The number of fused-ring (bicyclic) bond motifs is 1. The number of allylic oxidation sites excluding steroid dienone is 5. The van der Waals surface area contributed by atoms with Crippen LogP contribution in [0.5, 0.6) is 5.75 Å². The van der Waals surface area contributed by atoms with Crippen molar-refractivity contribution < 1.29 is 5.11 Å². The Morgan fingerprint density at radius 1 is 1.37 bits per heavy atom. The van der Waals surface area contributed by atoms with E-state index in [2.05, 4.69) is 26.5 Å². The molecule has 0 atom stereocenters. The molecule has 3 aromatic rings. The van der Waals surface area contributed by atoms with E-state index in [4.69, 9.17) is 0 Å². The van der Waals surface area contributed by atoms with Gasteiger partial charge in [-0.15, -0.1) is 0 Å². The van der Waals surface area contributed by atoms with Crippen molar-refractivity contribution >= 4 is 5.65 Å². The quantitative estimate of drug-likeness (QED) is 0.679. The summed E-state index contributed by atoms with van der Waals surface area (Å²) in [6.07, 6.45) is 11.1. The summed E-state index contributed by atoms with van der Waals surface area (Å²) in [7, 11) is 0. The van der Waals surface area contributed by atoms with Crippen molar-refractivity contribution in [3.63, 3.8) is 0 Å². The average molecular weight is 363 g/mol. The van der Waals surface area contributed by atoms with Crippen LogP contribution in [-0.4, -0.2) is 29.4 Å². The van der Waals surface area contributed by atoms with Crippen molar-refractivity contribution in [1.82, 2.24) is 24.3 Å². The van der Waals surface area contributed by atoms with E-state index in [1.165, 1.54) is 0 Å². The fourth-order valence-electron chi connectivity index (χ4n) is 2.70. The topological polar surface area (TPSA) is 96.2 Å². The normalized spacial score (nSPS) is 12.2. The molecule has 0 spiro atoms. The summed E-state index contributed by atoms with van der Waals surface area (Å²) < 4.78 is 1.94. The van der Waals surface area contributed by atoms with Crippen LogP contribution in [0.2, 0.25) is 0 Å². The fraction of sp³-hybridized carbons (Fsp3) is 0.200. The van der Waals surface area contributed by atoms with Gasteiger partial charge in [0.1, 0.15) is 5.69 Å². The van der Waals surface area contributed by atoms with Crippen LogP contribution in [0.4, 0.5) is 0 Å². The number of nitrogens with one attached hydrogen (secondary N) is 1. The Kier molecular flexibility index (Phi) is 5.03. The molecular formula is C20H21N5O2. The molecule has 0 radical (unpaired) electrons. The zero-order chi connectivity index (χ0) is 19.6.